The Morgan fingerprint density at radius 2 is 1.68 bits per heavy atom. The molecule has 0 fully saturated rings. The molecule has 0 atom stereocenters. The number of nitrogens with one attached hydrogen (secondary N) is 1. The Kier molecular flexibility index (Phi) is 4.74. The molecule has 108 valence electrons. The molecular formula is C18H15N3S. The quantitative estimate of drug-likeness (QED) is 0.536. The first kappa shape index (κ1) is 14.2. The van der Waals surface area contributed by atoms with E-state index in [4.69, 9.17) is 0 Å². The number of allylic oxidation sites excluding steroid dienone is 1. The van der Waals surface area contributed by atoms with Gasteiger partial charge in [-0.1, -0.05) is 66.7 Å². The van der Waals surface area contributed by atoms with Crippen LogP contribution in [0.25, 0.3) is 17.3 Å². The highest BCUT2D eigenvalue weighted by atomic mass is 32.1. The van der Waals surface area contributed by atoms with Crippen LogP contribution in [0.1, 0.15) is 5.56 Å². The molecule has 1 N–H and O–H groups in total. The number of hydrogen-bond acceptors (Lipinski definition) is 4. The first-order chi connectivity index (χ1) is 10.9. The molecule has 0 aliphatic rings. The molecule has 1 aromatic heterocycles. The largest absolute Gasteiger partial charge is 0.253 e. The van der Waals surface area contributed by atoms with Crippen molar-refractivity contribution < 1.29 is 0 Å². The summed E-state index contributed by atoms with van der Waals surface area (Å²) in [4.78, 5) is 4.51. The summed E-state index contributed by atoms with van der Waals surface area (Å²) in [6.45, 7) is 0. The van der Waals surface area contributed by atoms with Crippen LogP contribution in [-0.4, -0.2) is 11.2 Å². The first-order valence-electron chi connectivity index (χ1n) is 6.93. The minimum atomic E-state index is 0.781. The van der Waals surface area contributed by atoms with Gasteiger partial charge < -0.3 is 0 Å². The van der Waals surface area contributed by atoms with Gasteiger partial charge in [-0.25, -0.2) is 4.98 Å². The highest BCUT2D eigenvalue weighted by molar-refractivity contribution is 7.14. The Bertz CT molecular complexity index is 761. The van der Waals surface area contributed by atoms with Gasteiger partial charge in [0.05, 0.1) is 5.69 Å². The average molecular weight is 305 g/mol. The average Bonchev–Trinajstić information content (AvgIpc) is 3.05. The van der Waals surface area contributed by atoms with Gasteiger partial charge in [0.25, 0.3) is 0 Å². The second-order valence-corrected chi connectivity index (χ2v) is 5.42. The third-order valence-corrected chi connectivity index (χ3v) is 3.73. The van der Waals surface area contributed by atoms with Crippen molar-refractivity contribution in [3.05, 3.63) is 77.7 Å². The molecule has 3 aromatic rings. The van der Waals surface area contributed by atoms with Crippen molar-refractivity contribution in [3.63, 3.8) is 0 Å². The van der Waals surface area contributed by atoms with Gasteiger partial charge in [-0.2, -0.15) is 5.10 Å². The third kappa shape index (κ3) is 3.90. The molecule has 0 saturated carbocycles. The zero-order chi connectivity index (χ0) is 15.0. The number of anilines is 1. The fourth-order valence-corrected chi connectivity index (χ4v) is 2.59. The topological polar surface area (TPSA) is 37.3 Å². The highest BCUT2D eigenvalue weighted by Crippen LogP contribution is 2.24. The summed E-state index contributed by atoms with van der Waals surface area (Å²) in [5.74, 6) is 0. The number of nitrogens with zero attached hydrogens (tertiary/aromatic N) is 2. The fraction of sp³-hybridized carbons (Fsp3) is 0. The minimum absolute atomic E-state index is 0.781. The molecule has 2 aromatic carbocycles. The minimum Gasteiger partial charge on any atom is -0.253 e. The molecule has 4 heteroatoms. The van der Waals surface area contributed by atoms with E-state index < -0.39 is 0 Å². The monoisotopic (exact) mass is 305 g/mol. The Hall–Kier alpha value is -2.72. The molecule has 3 rings (SSSR count). The van der Waals surface area contributed by atoms with Gasteiger partial charge >= 0.3 is 0 Å². The summed E-state index contributed by atoms with van der Waals surface area (Å²) in [6, 6.07) is 20.2. The normalized spacial score (nSPS) is 11.3. The van der Waals surface area contributed by atoms with Gasteiger partial charge in [0, 0.05) is 17.2 Å². The van der Waals surface area contributed by atoms with E-state index in [1.807, 2.05) is 78.2 Å². The van der Waals surface area contributed by atoms with Crippen LogP contribution in [0.4, 0.5) is 5.13 Å². The van der Waals surface area contributed by atoms with E-state index in [0.29, 0.717) is 0 Å². The van der Waals surface area contributed by atoms with E-state index >= 15 is 0 Å². The van der Waals surface area contributed by atoms with Crippen LogP contribution in [0.5, 0.6) is 0 Å². The predicted molar refractivity (Wildman–Crippen MR) is 95.1 cm³/mol. The zero-order valence-corrected chi connectivity index (χ0v) is 12.7. The van der Waals surface area contributed by atoms with E-state index in [1.165, 1.54) is 11.3 Å². The number of aromatic nitrogens is 1. The summed E-state index contributed by atoms with van der Waals surface area (Å²) in [5.41, 5.74) is 6.17. The van der Waals surface area contributed by atoms with Crippen molar-refractivity contribution in [2.45, 2.75) is 0 Å². The molecule has 0 bridgehead atoms. The zero-order valence-electron chi connectivity index (χ0n) is 11.9. The number of rotatable bonds is 5. The second kappa shape index (κ2) is 7.33. The SMILES string of the molecule is C(=C\c1ccccc1)/C=N/Nc1nc(-c2ccccc2)cs1. The van der Waals surface area contributed by atoms with Gasteiger partial charge in [0.2, 0.25) is 5.13 Å². The van der Waals surface area contributed by atoms with Crippen molar-refractivity contribution >= 4 is 28.8 Å². The summed E-state index contributed by atoms with van der Waals surface area (Å²) in [5, 5.41) is 6.95. The lowest BCUT2D eigenvalue weighted by molar-refractivity contribution is 1.29. The van der Waals surface area contributed by atoms with Crippen LogP contribution in [0.2, 0.25) is 0 Å². The van der Waals surface area contributed by atoms with Gasteiger partial charge in [0.1, 0.15) is 0 Å². The van der Waals surface area contributed by atoms with Gasteiger partial charge in [-0.15, -0.1) is 11.3 Å². The predicted octanol–water partition coefficient (Wildman–Crippen LogP) is 4.92. The Labute approximate surface area is 133 Å². The Morgan fingerprint density at radius 3 is 2.45 bits per heavy atom. The van der Waals surface area contributed by atoms with Crippen LogP contribution in [-0.2, 0) is 0 Å². The van der Waals surface area contributed by atoms with E-state index in [1.54, 1.807) is 6.21 Å². The van der Waals surface area contributed by atoms with Crippen LogP contribution in [0.15, 0.2) is 77.2 Å². The van der Waals surface area contributed by atoms with E-state index in [2.05, 4.69) is 15.5 Å². The molecule has 0 aliphatic heterocycles. The molecule has 0 amide bonds. The van der Waals surface area contributed by atoms with Crippen molar-refractivity contribution in [1.82, 2.24) is 4.98 Å². The smallest absolute Gasteiger partial charge is 0.203 e. The standard InChI is InChI=1S/C18H15N3S/c1-3-8-15(9-4-1)10-7-13-19-21-18-20-17(14-22-18)16-11-5-2-6-12-16/h1-14H,(H,20,21)/b10-7+,19-13+. The van der Waals surface area contributed by atoms with Crippen LogP contribution >= 0.6 is 11.3 Å². The van der Waals surface area contributed by atoms with E-state index in [9.17, 15) is 0 Å². The number of benzene rings is 2. The molecule has 0 unspecified atom stereocenters. The van der Waals surface area contributed by atoms with Crippen molar-refractivity contribution in [2.75, 3.05) is 5.43 Å². The van der Waals surface area contributed by atoms with Crippen LogP contribution in [0.3, 0.4) is 0 Å². The Balaban J connectivity index is 1.57. The maximum Gasteiger partial charge on any atom is 0.203 e. The second-order valence-electron chi connectivity index (χ2n) is 4.56. The molecule has 22 heavy (non-hydrogen) atoms. The van der Waals surface area contributed by atoms with Gasteiger partial charge in [-0.3, -0.25) is 5.43 Å². The van der Waals surface area contributed by atoms with Crippen molar-refractivity contribution in [2.24, 2.45) is 5.10 Å². The van der Waals surface area contributed by atoms with Crippen molar-refractivity contribution in [1.29, 1.82) is 0 Å². The summed E-state index contributed by atoms with van der Waals surface area (Å²) >= 11 is 1.54. The van der Waals surface area contributed by atoms with Gasteiger partial charge in [0.15, 0.2) is 0 Å². The first-order valence-corrected chi connectivity index (χ1v) is 7.81. The van der Waals surface area contributed by atoms with Crippen LogP contribution in [0, 0.1) is 0 Å². The molecule has 0 saturated heterocycles. The fourth-order valence-electron chi connectivity index (χ4n) is 1.92. The number of hydrogen-bond donors (Lipinski definition) is 1. The maximum absolute atomic E-state index is 4.51. The molecule has 3 nitrogen and oxygen atoms in total. The lowest BCUT2D eigenvalue weighted by Crippen LogP contribution is -1.87. The maximum atomic E-state index is 4.51. The lowest BCUT2D eigenvalue weighted by atomic mass is 10.2. The third-order valence-electron chi connectivity index (χ3n) is 2.98. The molecule has 0 spiro atoms. The molecular weight excluding hydrogens is 290 g/mol. The van der Waals surface area contributed by atoms with Gasteiger partial charge in [-0.05, 0) is 11.6 Å². The summed E-state index contributed by atoms with van der Waals surface area (Å²) in [7, 11) is 0. The van der Waals surface area contributed by atoms with Crippen molar-refractivity contribution in [3.8, 4) is 11.3 Å². The lowest BCUT2D eigenvalue weighted by Gasteiger charge is -1.94. The molecule has 0 radical (unpaired) electrons. The highest BCUT2D eigenvalue weighted by Gasteiger charge is 2.02. The number of hydrazone groups is 1. The van der Waals surface area contributed by atoms with E-state index in [-0.39, 0.29) is 0 Å². The Morgan fingerprint density at radius 1 is 0.955 bits per heavy atom. The van der Waals surface area contributed by atoms with E-state index in [0.717, 1.165) is 22.0 Å². The summed E-state index contributed by atoms with van der Waals surface area (Å²) < 4.78 is 0. The molecule has 1 heterocycles. The summed E-state index contributed by atoms with van der Waals surface area (Å²) in [6.07, 6.45) is 5.62. The number of thiazole rings is 1. The molecule has 0 aliphatic carbocycles. The van der Waals surface area contributed by atoms with Crippen LogP contribution < -0.4 is 5.43 Å².